The first-order valence-electron chi connectivity index (χ1n) is 15.4. The van der Waals surface area contributed by atoms with Crippen LogP contribution in [0.3, 0.4) is 0 Å². The topological polar surface area (TPSA) is 50.2 Å². The first kappa shape index (κ1) is 38.2. The van der Waals surface area contributed by atoms with Crippen molar-refractivity contribution in [2.45, 2.75) is 94.2 Å². The predicted octanol–water partition coefficient (Wildman–Crippen LogP) is 11.4. The van der Waals surface area contributed by atoms with Gasteiger partial charge in [0.15, 0.2) is 5.78 Å². The standard InChI is InChI=1S/C23H17F3N.C15H28O2.Ir/c1-13-8-14(2)10-17(9-13)22-19-5-4-16-11-15(3)21(23(24,25)26)12-20(16)18(19)6-7-27-22;1-7-14(5,8-2)12(16)11-13(17)15(6,9-3)10-4;/h4-9,11-12H,1-3H3;11,16H,7-10H2,1-6H3;/q-1;;. The van der Waals surface area contributed by atoms with Gasteiger partial charge in [-0.2, -0.15) is 13.2 Å². The van der Waals surface area contributed by atoms with E-state index in [-0.39, 0.29) is 48.0 Å². The molecule has 0 aliphatic heterocycles. The molecule has 0 spiro atoms. The Morgan fingerprint density at radius 1 is 0.844 bits per heavy atom. The van der Waals surface area contributed by atoms with Crippen molar-refractivity contribution in [1.82, 2.24) is 4.98 Å². The van der Waals surface area contributed by atoms with E-state index < -0.39 is 11.7 Å². The summed E-state index contributed by atoms with van der Waals surface area (Å²) in [4.78, 5) is 16.7. The molecule has 1 radical (unpaired) electrons. The number of nitrogens with zero attached hydrogens (tertiary/aromatic N) is 1. The van der Waals surface area contributed by atoms with Crippen LogP contribution >= 0.6 is 0 Å². The number of carbonyl (C=O) groups is 1. The third kappa shape index (κ3) is 8.42. The molecule has 0 saturated carbocycles. The molecular weight excluding hydrogens is 752 g/mol. The number of alkyl halides is 3. The molecule has 45 heavy (non-hydrogen) atoms. The van der Waals surface area contributed by atoms with E-state index in [0.29, 0.717) is 5.39 Å². The molecule has 0 bridgehead atoms. The van der Waals surface area contributed by atoms with Gasteiger partial charge in [0.1, 0.15) is 5.76 Å². The summed E-state index contributed by atoms with van der Waals surface area (Å²) in [6, 6.07) is 15.7. The van der Waals surface area contributed by atoms with Gasteiger partial charge in [0.25, 0.3) is 0 Å². The van der Waals surface area contributed by atoms with E-state index >= 15 is 0 Å². The zero-order valence-electron chi connectivity index (χ0n) is 27.8. The van der Waals surface area contributed by atoms with Crippen molar-refractivity contribution in [1.29, 1.82) is 0 Å². The Kier molecular flexibility index (Phi) is 12.8. The number of allylic oxidation sites excluding steroid dienone is 2. The number of ketones is 1. The van der Waals surface area contributed by atoms with Crippen LogP contribution in [-0.4, -0.2) is 15.9 Å². The molecule has 3 aromatic carbocycles. The number of carbonyl (C=O) groups excluding carboxylic acids is 1. The molecule has 3 nitrogen and oxygen atoms in total. The quantitative estimate of drug-likeness (QED) is 0.0836. The Bertz CT molecular complexity index is 1660. The average molecular weight is 797 g/mol. The number of pyridine rings is 1. The molecule has 1 N–H and O–H groups in total. The van der Waals surface area contributed by atoms with Crippen molar-refractivity contribution in [3.63, 3.8) is 0 Å². The summed E-state index contributed by atoms with van der Waals surface area (Å²) in [5.41, 5.74) is 2.70. The normalized spacial score (nSPS) is 12.5. The number of fused-ring (bicyclic) bond motifs is 3. The van der Waals surface area contributed by atoms with E-state index in [4.69, 9.17) is 0 Å². The van der Waals surface area contributed by atoms with Crippen LogP contribution in [0.1, 0.15) is 89.5 Å². The maximum atomic E-state index is 13.4. The van der Waals surface area contributed by atoms with E-state index in [0.717, 1.165) is 64.2 Å². The Morgan fingerprint density at radius 2 is 1.44 bits per heavy atom. The summed E-state index contributed by atoms with van der Waals surface area (Å²) < 4.78 is 40.2. The number of aryl methyl sites for hydroxylation is 3. The van der Waals surface area contributed by atoms with Gasteiger partial charge in [-0.15, -0.1) is 34.9 Å². The number of aliphatic hydroxyl groups excluding tert-OH is 1. The minimum absolute atomic E-state index is 0. The van der Waals surface area contributed by atoms with Crippen molar-refractivity contribution < 1.29 is 43.2 Å². The number of aromatic nitrogens is 1. The second kappa shape index (κ2) is 15.0. The van der Waals surface area contributed by atoms with Crippen LogP contribution in [0, 0.1) is 37.7 Å². The summed E-state index contributed by atoms with van der Waals surface area (Å²) >= 11 is 0. The smallest absolute Gasteiger partial charge is 0.416 e. The van der Waals surface area contributed by atoms with Crippen LogP contribution in [0.25, 0.3) is 32.8 Å². The number of hydrogen-bond acceptors (Lipinski definition) is 3. The molecule has 0 aliphatic carbocycles. The van der Waals surface area contributed by atoms with Gasteiger partial charge in [-0.25, -0.2) is 0 Å². The third-order valence-electron chi connectivity index (χ3n) is 9.42. The van der Waals surface area contributed by atoms with Crippen molar-refractivity contribution in [3.05, 3.63) is 88.8 Å². The Labute approximate surface area is 279 Å². The van der Waals surface area contributed by atoms with Crippen molar-refractivity contribution in [3.8, 4) is 11.3 Å². The molecule has 1 heterocycles. The summed E-state index contributed by atoms with van der Waals surface area (Å²) in [5.74, 6) is 0.286. The Morgan fingerprint density at radius 3 is 1.98 bits per heavy atom. The molecule has 4 rings (SSSR count). The fourth-order valence-corrected chi connectivity index (χ4v) is 5.38. The number of hydrogen-bond donors (Lipinski definition) is 1. The number of benzene rings is 3. The van der Waals surface area contributed by atoms with Crippen molar-refractivity contribution in [2.75, 3.05) is 0 Å². The zero-order valence-corrected chi connectivity index (χ0v) is 30.2. The van der Waals surface area contributed by atoms with Crippen LogP contribution in [0.5, 0.6) is 0 Å². The number of rotatable bonds is 8. The van der Waals surface area contributed by atoms with Crippen molar-refractivity contribution >= 4 is 27.3 Å². The molecule has 0 saturated heterocycles. The molecule has 0 aliphatic rings. The average Bonchev–Trinajstić information content (AvgIpc) is 2.98. The molecule has 0 fully saturated rings. The van der Waals surface area contributed by atoms with Crippen molar-refractivity contribution in [2.24, 2.45) is 10.8 Å². The number of aliphatic hydroxyl groups is 1. The Hall–Kier alpha value is -3.02. The van der Waals surface area contributed by atoms with E-state index in [1.807, 2.05) is 79.7 Å². The van der Waals surface area contributed by atoms with Crippen LogP contribution in [0.4, 0.5) is 13.2 Å². The van der Waals surface area contributed by atoms with Gasteiger partial charge in [0, 0.05) is 43.2 Å². The van der Waals surface area contributed by atoms with Gasteiger partial charge in [-0.1, -0.05) is 73.6 Å². The first-order valence-corrected chi connectivity index (χ1v) is 15.4. The largest absolute Gasteiger partial charge is 0.512 e. The maximum Gasteiger partial charge on any atom is 0.416 e. The zero-order chi connectivity index (χ0) is 33.0. The fraction of sp³-hybridized carbons (Fsp3) is 0.421. The molecule has 0 atom stereocenters. The molecule has 0 amide bonds. The molecule has 0 unspecified atom stereocenters. The molecular formula is C38H45F3IrNO2-. The van der Waals surface area contributed by atoms with Crippen LogP contribution in [-0.2, 0) is 31.1 Å². The summed E-state index contributed by atoms with van der Waals surface area (Å²) in [6.45, 7) is 17.5. The van der Waals surface area contributed by atoms with Gasteiger partial charge < -0.3 is 10.1 Å². The predicted molar refractivity (Wildman–Crippen MR) is 176 cm³/mol. The SMILES string of the molecule is CCC(C)(CC)C(=O)C=C(O)C(C)(CC)CC.Cc1[c-]c(-c2nccc3c2ccc2cc(C)c(C(F)(F)F)cc23)cc(C)c1.[Ir]. The minimum atomic E-state index is -4.38. The van der Waals surface area contributed by atoms with Gasteiger partial charge in [0.2, 0.25) is 0 Å². The van der Waals surface area contributed by atoms with Gasteiger partial charge in [-0.05, 0) is 77.5 Å². The van der Waals surface area contributed by atoms with Crippen LogP contribution in [0.2, 0.25) is 0 Å². The first-order chi connectivity index (χ1) is 20.5. The molecule has 4 aromatic rings. The third-order valence-corrected chi connectivity index (χ3v) is 9.42. The van der Waals surface area contributed by atoms with Gasteiger partial charge in [0.05, 0.1) is 5.56 Å². The molecule has 7 heteroatoms. The summed E-state index contributed by atoms with van der Waals surface area (Å²) in [5, 5.41) is 13.1. The van der Waals surface area contributed by atoms with E-state index in [1.165, 1.54) is 19.1 Å². The van der Waals surface area contributed by atoms with E-state index in [2.05, 4.69) is 11.1 Å². The van der Waals surface area contributed by atoms with E-state index in [9.17, 15) is 23.1 Å². The second-order valence-corrected chi connectivity index (χ2v) is 12.4. The van der Waals surface area contributed by atoms with Crippen LogP contribution < -0.4 is 0 Å². The van der Waals surface area contributed by atoms with Crippen LogP contribution in [0.15, 0.2) is 60.5 Å². The minimum Gasteiger partial charge on any atom is -0.512 e. The maximum absolute atomic E-state index is 13.4. The Balaban J connectivity index is 0.000000343. The van der Waals surface area contributed by atoms with Gasteiger partial charge >= 0.3 is 6.18 Å². The monoisotopic (exact) mass is 797 g/mol. The summed E-state index contributed by atoms with van der Waals surface area (Å²) in [6.07, 6.45) is 2.03. The molecule has 1 aromatic heterocycles. The fourth-order valence-electron chi connectivity index (χ4n) is 5.38. The number of halogens is 3. The van der Waals surface area contributed by atoms with Gasteiger partial charge in [-0.3, -0.25) is 4.79 Å². The second-order valence-electron chi connectivity index (χ2n) is 12.4. The van der Waals surface area contributed by atoms with E-state index in [1.54, 1.807) is 18.3 Å². The summed E-state index contributed by atoms with van der Waals surface area (Å²) in [7, 11) is 0. The molecule has 245 valence electrons.